The number of carbonyl (C=O) groups is 6. The zero-order valence-electron chi connectivity index (χ0n) is 21.3. The second-order valence-corrected chi connectivity index (χ2v) is 8.90. The SMILES string of the molecule is C[C@H](NC(=O)[C@H](CC(N)=O)NC(=O)[C@H](Cc1ccc(-c2ccccc2)cc1)NC(=O)[C@@H](N)CC(=O)O)C(N)=O. The third-order valence-corrected chi connectivity index (χ3v) is 5.69. The highest BCUT2D eigenvalue weighted by Crippen LogP contribution is 2.20. The van der Waals surface area contributed by atoms with Crippen LogP contribution in [0.1, 0.15) is 25.3 Å². The van der Waals surface area contributed by atoms with Gasteiger partial charge < -0.3 is 38.3 Å². The minimum atomic E-state index is -1.48. The number of primary amides is 2. The molecule has 10 N–H and O–H groups in total. The van der Waals surface area contributed by atoms with Gasteiger partial charge in [0.25, 0.3) is 0 Å². The molecule has 2 aromatic rings. The fourth-order valence-corrected chi connectivity index (χ4v) is 3.54. The Kier molecular flexibility index (Phi) is 11.1. The van der Waals surface area contributed by atoms with Gasteiger partial charge in [-0.2, -0.15) is 0 Å². The van der Waals surface area contributed by atoms with Gasteiger partial charge in [-0.25, -0.2) is 0 Å². The first-order valence-electron chi connectivity index (χ1n) is 12.0. The van der Waals surface area contributed by atoms with Gasteiger partial charge in [0.05, 0.1) is 18.9 Å². The van der Waals surface area contributed by atoms with Gasteiger partial charge >= 0.3 is 5.97 Å². The quantitative estimate of drug-likeness (QED) is 0.149. The van der Waals surface area contributed by atoms with Crippen LogP contribution >= 0.6 is 0 Å². The molecule has 2 rings (SSSR count). The summed E-state index contributed by atoms with van der Waals surface area (Å²) >= 11 is 0. The van der Waals surface area contributed by atoms with Crippen LogP contribution in [0, 0.1) is 0 Å². The third kappa shape index (κ3) is 9.89. The van der Waals surface area contributed by atoms with Gasteiger partial charge in [0.15, 0.2) is 0 Å². The molecule has 208 valence electrons. The molecular formula is C26H32N6O7. The number of carboxylic acids is 1. The number of amides is 5. The molecule has 5 amide bonds. The lowest BCUT2D eigenvalue weighted by molar-refractivity contribution is -0.139. The van der Waals surface area contributed by atoms with Crippen molar-refractivity contribution in [2.75, 3.05) is 0 Å². The lowest BCUT2D eigenvalue weighted by Crippen LogP contribution is -2.58. The number of hydrogen-bond donors (Lipinski definition) is 7. The summed E-state index contributed by atoms with van der Waals surface area (Å²) in [6.45, 7) is 1.31. The summed E-state index contributed by atoms with van der Waals surface area (Å²) < 4.78 is 0. The van der Waals surface area contributed by atoms with Crippen molar-refractivity contribution in [1.29, 1.82) is 0 Å². The van der Waals surface area contributed by atoms with Crippen LogP contribution in [0.4, 0.5) is 0 Å². The van der Waals surface area contributed by atoms with E-state index in [4.69, 9.17) is 22.3 Å². The minimum absolute atomic E-state index is 0.0605. The summed E-state index contributed by atoms with van der Waals surface area (Å²) in [7, 11) is 0. The molecule has 0 saturated carbocycles. The number of carbonyl (C=O) groups excluding carboxylic acids is 5. The number of hydrogen-bond acceptors (Lipinski definition) is 7. The second kappa shape index (κ2) is 14.2. The molecule has 0 aliphatic rings. The summed E-state index contributed by atoms with van der Waals surface area (Å²) in [4.78, 5) is 72.2. The summed E-state index contributed by atoms with van der Waals surface area (Å²) in [5.74, 6) is -5.74. The van der Waals surface area contributed by atoms with E-state index in [1.165, 1.54) is 6.92 Å². The summed E-state index contributed by atoms with van der Waals surface area (Å²) in [5, 5.41) is 16.0. The Bertz CT molecular complexity index is 1200. The number of rotatable bonds is 14. The van der Waals surface area contributed by atoms with Crippen LogP contribution in [0.2, 0.25) is 0 Å². The van der Waals surface area contributed by atoms with E-state index in [0.717, 1.165) is 11.1 Å². The van der Waals surface area contributed by atoms with Crippen LogP contribution in [0.15, 0.2) is 54.6 Å². The Hall–Kier alpha value is -4.78. The zero-order valence-corrected chi connectivity index (χ0v) is 21.3. The van der Waals surface area contributed by atoms with Gasteiger partial charge in [0.2, 0.25) is 29.5 Å². The van der Waals surface area contributed by atoms with E-state index in [2.05, 4.69) is 16.0 Å². The third-order valence-electron chi connectivity index (χ3n) is 5.69. The predicted molar refractivity (Wildman–Crippen MR) is 140 cm³/mol. The highest BCUT2D eigenvalue weighted by atomic mass is 16.4. The Morgan fingerprint density at radius 1 is 0.744 bits per heavy atom. The maximum absolute atomic E-state index is 13.2. The predicted octanol–water partition coefficient (Wildman–Crippen LogP) is -1.47. The first-order valence-corrected chi connectivity index (χ1v) is 12.0. The minimum Gasteiger partial charge on any atom is -0.481 e. The summed E-state index contributed by atoms with van der Waals surface area (Å²) in [6.07, 6.45) is -1.34. The Labute approximate surface area is 224 Å². The van der Waals surface area contributed by atoms with Gasteiger partial charge in [-0.3, -0.25) is 28.8 Å². The van der Waals surface area contributed by atoms with Gasteiger partial charge in [-0.05, 0) is 23.6 Å². The molecule has 4 atom stereocenters. The van der Waals surface area contributed by atoms with Crippen molar-refractivity contribution in [1.82, 2.24) is 16.0 Å². The Morgan fingerprint density at radius 2 is 1.28 bits per heavy atom. The smallest absolute Gasteiger partial charge is 0.305 e. The van der Waals surface area contributed by atoms with Crippen LogP contribution in [-0.2, 0) is 35.2 Å². The van der Waals surface area contributed by atoms with E-state index in [1.807, 2.05) is 42.5 Å². The van der Waals surface area contributed by atoms with Crippen molar-refractivity contribution in [3.63, 3.8) is 0 Å². The van der Waals surface area contributed by atoms with Gasteiger partial charge in [-0.15, -0.1) is 0 Å². The second-order valence-electron chi connectivity index (χ2n) is 8.90. The molecular weight excluding hydrogens is 508 g/mol. The molecule has 13 heteroatoms. The molecule has 2 aromatic carbocycles. The first-order chi connectivity index (χ1) is 18.4. The standard InChI is InChI=1S/C26H32N6O7/c1-14(23(29)36)30-25(38)20(13-21(28)33)32-26(39)19(31-24(37)18(27)12-22(34)35)11-15-7-9-17(10-8-15)16-5-3-2-4-6-16/h2-10,14,18-20H,11-13,27H2,1H3,(H2,28,33)(H2,29,36)(H,30,38)(H,31,37)(H,32,39)(H,34,35)/t14-,18-,19-,20-/m0/s1. The van der Waals surface area contributed by atoms with E-state index >= 15 is 0 Å². The van der Waals surface area contributed by atoms with Crippen LogP contribution in [0.3, 0.4) is 0 Å². The van der Waals surface area contributed by atoms with Crippen molar-refractivity contribution < 1.29 is 33.9 Å². The van der Waals surface area contributed by atoms with Crippen LogP contribution < -0.4 is 33.2 Å². The molecule has 0 heterocycles. The van der Waals surface area contributed by atoms with E-state index in [-0.39, 0.29) is 6.42 Å². The fraction of sp³-hybridized carbons (Fsp3) is 0.308. The van der Waals surface area contributed by atoms with E-state index in [9.17, 15) is 28.8 Å². The summed E-state index contributed by atoms with van der Waals surface area (Å²) in [6, 6.07) is 11.3. The highest BCUT2D eigenvalue weighted by molar-refractivity contribution is 5.96. The van der Waals surface area contributed by atoms with E-state index in [1.54, 1.807) is 12.1 Å². The van der Waals surface area contributed by atoms with Gasteiger partial charge in [-0.1, -0.05) is 54.6 Å². The molecule has 0 aliphatic carbocycles. The van der Waals surface area contributed by atoms with Crippen molar-refractivity contribution in [2.24, 2.45) is 17.2 Å². The molecule has 0 bridgehead atoms. The molecule has 0 fully saturated rings. The zero-order chi connectivity index (χ0) is 29.1. The van der Waals surface area contributed by atoms with Crippen LogP contribution in [0.5, 0.6) is 0 Å². The van der Waals surface area contributed by atoms with Crippen molar-refractivity contribution in [3.8, 4) is 11.1 Å². The van der Waals surface area contributed by atoms with E-state index in [0.29, 0.717) is 5.56 Å². The Balaban J connectivity index is 2.27. The molecule has 0 spiro atoms. The lowest BCUT2D eigenvalue weighted by atomic mass is 9.99. The van der Waals surface area contributed by atoms with E-state index < -0.39 is 72.5 Å². The van der Waals surface area contributed by atoms with Crippen molar-refractivity contribution >= 4 is 35.5 Å². The molecule has 0 aromatic heterocycles. The Morgan fingerprint density at radius 3 is 1.82 bits per heavy atom. The van der Waals surface area contributed by atoms with Crippen molar-refractivity contribution in [2.45, 2.75) is 50.4 Å². The largest absolute Gasteiger partial charge is 0.481 e. The average molecular weight is 541 g/mol. The van der Waals surface area contributed by atoms with Crippen LogP contribution in [0.25, 0.3) is 11.1 Å². The number of carboxylic acid groups (broad SMARTS) is 1. The van der Waals surface area contributed by atoms with Crippen molar-refractivity contribution in [3.05, 3.63) is 60.2 Å². The maximum atomic E-state index is 13.2. The average Bonchev–Trinajstić information content (AvgIpc) is 2.87. The number of nitrogens with two attached hydrogens (primary N) is 3. The molecule has 0 radical (unpaired) electrons. The molecule has 0 unspecified atom stereocenters. The maximum Gasteiger partial charge on any atom is 0.305 e. The first kappa shape index (κ1) is 30.4. The van der Waals surface area contributed by atoms with Crippen LogP contribution in [-0.4, -0.2) is 64.8 Å². The number of aliphatic carboxylic acids is 1. The molecule has 13 nitrogen and oxygen atoms in total. The molecule has 0 aliphatic heterocycles. The van der Waals surface area contributed by atoms with Gasteiger partial charge in [0, 0.05) is 6.42 Å². The fourth-order valence-electron chi connectivity index (χ4n) is 3.54. The summed E-state index contributed by atoms with van der Waals surface area (Å²) in [5.41, 5.74) is 18.5. The molecule has 0 saturated heterocycles. The topological polar surface area (TPSA) is 237 Å². The number of benzene rings is 2. The lowest BCUT2D eigenvalue weighted by Gasteiger charge is -2.24. The monoisotopic (exact) mass is 540 g/mol. The number of nitrogens with one attached hydrogen (secondary N) is 3. The highest BCUT2D eigenvalue weighted by Gasteiger charge is 2.30. The molecule has 39 heavy (non-hydrogen) atoms. The normalized spacial score (nSPS) is 13.7. The van der Waals surface area contributed by atoms with Gasteiger partial charge in [0.1, 0.15) is 18.1 Å².